The SMILES string of the molecule is CB(O)N1CCC(O)C(C)C1. The highest BCUT2D eigenvalue weighted by Crippen LogP contribution is 2.16. The van der Waals surface area contributed by atoms with E-state index in [1.807, 2.05) is 11.7 Å². The Morgan fingerprint density at radius 1 is 1.55 bits per heavy atom. The van der Waals surface area contributed by atoms with Crippen molar-refractivity contribution in [1.82, 2.24) is 4.81 Å². The summed E-state index contributed by atoms with van der Waals surface area (Å²) in [5, 5.41) is 18.6. The first-order valence-corrected chi connectivity index (χ1v) is 4.21. The van der Waals surface area contributed by atoms with Gasteiger partial charge in [-0.15, -0.1) is 0 Å². The lowest BCUT2D eigenvalue weighted by molar-refractivity contribution is 0.0574. The van der Waals surface area contributed by atoms with Crippen LogP contribution in [0.5, 0.6) is 0 Å². The van der Waals surface area contributed by atoms with E-state index in [1.54, 1.807) is 6.82 Å². The minimum absolute atomic E-state index is 0.176. The van der Waals surface area contributed by atoms with Crippen LogP contribution in [0, 0.1) is 5.92 Å². The van der Waals surface area contributed by atoms with Gasteiger partial charge in [-0.25, -0.2) is 0 Å². The molecule has 1 rings (SSSR count). The third-order valence-electron chi connectivity index (χ3n) is 2.42. The molecule has 0 radical (unpaired) electrons. The van der Waals surface area contributed by atoms with E-state index < -0.39 is 0 Å². The van der Waals surface area contributed by atoms with Crippen molar-refractivity contribution < 1.29 is 10.1 Å². The highest BCUT2D eigenvalue weighted by atomic mass is 16.3. The quantitative estimate of drug-likeness (QED) is 0.518. The third kappa shape index (κ3) is 2.19. The zero-order valence-electron chi connectivity index (χ0n) is 7.20. The van der Waals surface area contributed by atoms with Gasteiger partial charge in [0, 0.05) is 0 Å². The van der Waals surface area contributed by atoms with Crippen LogP contribution in [0.2, 0.25) is 6.82 Å². The topological polar surface area (TPSA) is 43.7 Å². The predicted octanol–water partition coefficient (Wildman–Crippen LogP) is -0.201. The molecule has 0 spiro atoms. The summed E-state index contributed by atoms with van der Waals surface area (Å²) < 4.78 is 0. The Balaban J connectivity index is 2.40. The Morgan fingerprint density at radius 2 is 2.18 bits per heavy atom. The maximum Gasteiger partial charge on any atom is 0.376 e. The van der Waals surface area contributed by atoms with E-state index >= 15 is 0 Å². The van der Waals surface area contributed by atoms with Crippen LogP contribution in [-0.4, -0.2) is 41.2 Å². The van der Waals surface area contributed by atoms with Crippen LogP contribution < -0.4 is 0 Å². The van der Waals surface area contributed by atoms with Gasteiger partial charge in [-0.2, -0.15) is 0 Å². The summed E-state index contributed by atoms with van der Waals surface area (Å²) in [6.45, 7) is 5.39. The van der Waals surface area contributed by atoms with Crippen molar-refractivity contribution >= 4 is 7.05 Å². The Morgan fingerprint density at radius 3 is 2.64 bits per heavy atom. The number of hydrogen-bond donors (Lipinski definition) is 2. The molecule has 0 aromatic heterocycles. The van der Waals surface area contributed by atoms with Gasteiger partial charge in [0.2, 0.25) is 0 Å². The molecule has 0 aromatic carbocycles. The minimum Gasteiger partial charge on any atom is -0.437 e. The van der Waals surface area contributed by atoms with Crippen LogP contribution in [0.15, 0.2) is 0 Å². The average Bonchev–Trinajstić information content (AvgIpc) is 1.94. The molecule has 1 aliphatic rings. The highest BCUT2D eigenvalue weighted by molar-refractivity contribution is 6.45. The number of rotatable bonds is 1. The van der Waals surface area contributed by atoms with E-state index in [1.165, 1.54) is 0 Å². The van der Waals surface area contributed by atoms with Gasteiger partial charge >= 0.3 is 7.05 Å². The summed E-state index contributed by atoms with van der Waals surface area (Å²) in [4.78, 5) is 1.98. The zero-order chi connectivity index (χ0) is 8.43. The molecule has 4 heteroatoms. The van der Waals surface area contributed by atoms with E-state index in [0.29, 0.717) is 5.92 Å². The van der Waals surface area contributed by atoms with Crippen LogP contribution in [0.1, 0.15) is 13.3 Å². The second kappa shape index (κ2) is 3.56. The summed E-state index contributed by atoms with van der Waals surface area (Å²) in [6.07, 6.45) is 0.608. The molecule has 3 nitrogen and oxygen atoms in total. The zero-order valence-corrected chi connectivity index (χ0v) is 7.20. The largest absolute Gasteiger partial charge is 0.437 e. The molecule has 11 heavy (non-hydrogen) atoms. The Bertz CT molecular complexity index is 132. The highest BCUT2D eigenvalue weighted by Gasteiger charge is 2.27. The Labute approximate surface area is 68.2 Å². The molecule has 0 amide bonds. The summed E-state index contributed by atoms with van der Waals surface area (Å²) in [5.41, 5.74) is 0. The lowest BCUT2D eigenvalue weighted by Gasteiger charge is -2.34. The minimum atomic E-state index is -0.370. The molecular formula is C7H16BNO2. The molecule has 2 N–H and O–H groups in total. The maximum atomic E-state index is 9.37. The fourth-order valence-corrected chi connectivity index (χ4v) is 1.50. The smallest absolute Gasteiger partial charge is 0.376 e. The fourth-order valence-electron chi connectivity index (χ4n) is 1.50. The van der Waals surface area contributed by atoms with Crippen molar-refractivity contribution in [3.05, 3.63) is 0 Å². The van der Waals surface area contributed by atoms with E-state index in [2.05, 4.69) is 0 Å². The number of aliphatic hydroxyl groups is 1. The monoisotopic (exact) mass is 157 g/mol. The van der Waals surface area contributed by atoms with Gasteiger partial charge in [0.25, 0.3) is 0 Å². The summed E-state index contributed by atoms with van der Waals surface area (Å²) >= 11 is 0. The van der Waals surface area contributed by atoms with Crippen LogP contribution in [0.3, 0.4) is 0 Å². The van der Waals surface area contributed by atoms with Gasteiger partial charge in [-0.1, -0.05) is 6.92 Å². The number of nitrogens with zero attached hydrogens (tertiary/aromatic N) is 1. The van der Waals surface area contributed by atoms with E-state index in [0.717, 1.165) is 19.5 Å². The van der Waals surface area contributed by atoms with Gasteiger partial charge in [-0.3, -0.25) is 0 Å². The van der Waals surface area contributed by atoms with Crippen LogP contribution in [-0.2, 0) is 0 Å². The number of hydrogen-bond acceptors (Lipinski definition) is 3. The van der Waals surface area contributed by atoms with Crippen molar-refractivity contribution in [1.29, 1.82) is 0 Å². The van der Waals surface area contributed by atoms with E-state index in [9.17, 15) is 10.1 Å². The van der Waals surface area contributed by atoms with Crippen molar-refractivity contribution in [3.8, 4) is 0 Å². The molecule has 1 heterocycles. The second-order valence-electron chi connectivity index (χ2n) is 3.46. The lowest BCUT2D eigenvalue weighted by atomic mass is 9.80. The van der Waals surface area contributed by atoms with Gasteiger partial charge in [-0.05, 0) is 32.3 Å². The van der Waals surface area contributed by atoms with Crippen molar-refractivity contribution in [2.45, 2.75) is 26.3 Å². The Hall–Kier alpha value is -0.0551. The molecule has 0 aromatic rings. The molecule has 1 aliphatic heterocycles. The summed E-state index contributed by atoms with van der Waals surface area (Å²) in [7, 11) is -0.370. The predicted molar refractivity (Wildman–Crippen MR) is 45.2 cm³/mol. The van der Waals surface area contributed by atoms with Gasteiger partial charge in [0.15, 0.2) is 0 Å². The molecular weight excluding hydrogens is 141 g/mol. The standard InChI is InChI=1S/C7H16BNO2/c1-6-5-9(8(2)11)4-3-7(6)10/h6-7,10-11H,3-5H2,1-2H3. The lowest BCUT2D eigenvalue weighted by Crippen LogP contribution is -2.48. The van der Waals surface area contributed by atoms with Crippen LogP contribution >= 0.6 is 0 Å². The maximum absolute atomic E-state index is 9.37. The van der Waals surface area contributed by atoms with Gasteiger partial charge < -0.3 is 14.9 Å². The number of piperidine rings is 1. The summed E-state index contributed by atoms with van der Waals surface area (Å²) in [6, 6.07) is 0. The first-order chi connectivity index (χ1) is 5.11. The molecule has 1 saturated heterocycles. The van der Waals surface area contributed by atoms with Gasteiger partial charge in [0.05, 0.1) is 6.10 Å². The Kier molecular flexibility index (Phi) is 2.93. The van der Waals surface area contributed by atoms with Crippen LogP contribution in [0.25, 0.3) is 0 Å². The second-order valence-corrected chi connectivity index (χ2v) is 3.46. The summed E-state index contributed by atoms with van der Waals surface area (Å²) in [5.74, 6) is 0.290. The van der Waals surface area contributed by atoms with E-state index in [-0.39, 0.29) is 13.2 Å². The first kappa shape index (κ1) is 9.04. The molecule has 2 atom stereocenters. The molecule has 0 aliphatic carbocycles. The first-order valence-electron chi connectivity index (χ1n) is 4.21. The van der Waals surface area contributed by atoms with Gasteiger partial charge in [0.1, 0.15) is 0 Å². The average molecular weight is 157 g/mol. The molecule has 0 saturated carbocycles. The molecule has 2 unspecified atom stereocenters. The number of aliphatic hydroxyl groups excluding tert-OH is 1. The van der Waals surface area contributed by atoms with Crippen molar-refractivity contribution in [2.75, 3.05) is 13.1 Å². The van der Waals surface area contributed by atoms with Crippen LogP contribution in [0.4, 0.5) is 0 Å². The molecule has 64 valence electrons. The molecule has 0 bridgehead atoms. The normalized spacial score (nSPS) is 33.8. The van der Waals surface area contributed by atoms with Crippen molar-refractivity contribution in [2.24, 2.45) is 5.92 Å². The third-order valence-corrected chi connectivity index (χ3v) is 2.42. The fraction of sp³-hybridized carbons (Fsp3) is 1.00. The van der Waals surface area contributed by atoms with Crippen molar-refractivity contribution in [3.63, 3.8) is 0 Å². The van der Waals surface area contributed by atoms with E-state index in [4.69, 9.17) is 0 Å². The molecule has 1 fully saturated rings.